The summed E-state index contributed by atoms with van der Waals surface area (Å²) in [4.78, 5) is 5.23. The van der Waals surface area contributed by atoms with Gasteiger partial charge in [0.05, 0.1) is 5.56 Å². The first-order chi connectivity index (χ1) is 6.06. The van der Waals surface area contributed by atoms with Gasteiger partial charge in [0.15, 0.2) is 11.6 Å². The Kier molecular flexibility index (Phi) is 2.69. The molecule has 1 rings (SSSR count). The van der Waals surface area contributed by atoms with Crippen molar-refractivity contribution in [3.63, 3.8) is 0 Å². The molecule has 0 saturated carbocycles. The predicted molar refractivity (Wildman–Crippen MR) is 48.2 cm³/mol. The topological polar surface area (TPSA) is 39.9 Å². The first kappa shape index (κ1) is 9.75. The van der Waals surface area contributed by atoms with Crippen molar-refractivity contribution < 1.29 is 4.39 Å². The van der Waals surface area contributed by atoms with Gasteiger partial charge in [0, 0.05) is 14.1 Å². The van der Waals surface area contributed by atoms with E-state index in [2.05, 4.69) is 4.98 Å². The average Bonchev–Trinajstić information content (AvgIpc) is 2.07. The highest BCUT2D eigenvalue weighted by molar-refractivity contribution is 6.30. The molecule has 0 saturated heterocycles. The fourth-order valence-corrected chi connectivity index (χ4v) is 1.03. The lowest BCUT2D eigenvalue weighted by atomic mass is 10.3. The zero-order chi connectivity index (χ0) is 10.0. The lowest BCUT2D eigenvalue weighted by molar-refractivity contribution is 0.619. The number of nitriles is 1. The van der Waals surface area contributed by atoms with E-state index in [1.54, 1.807) is 20.2 Å². The normalized spacial score (nSPS) is 9.46. The quantitative estimate of drug-likeness (QED) is 0.648. The van der Waals surface area contributed by atoms with E-state index < -0.39 is 5.82 Å². The monoisotopic (exact) mass is 199 g/mol. The lowest BCUT2D eigenvalue weighted by Gasteiger charge is -2.12. The highest BCUT2D eigenvalue weighted by Crippen LogP contribution is 2.20. The third kappa shape index (κ3) is 1.87. The van der Waals surface area contributed by atoms with Crippen molar-refractivity contribution in [2.24, 2.45) is 0 Å². The van der Waals surface area contributed by atoms with Crippen LogP contribution in [0.15, 0.2) is 6.07 Å². The maximum Gasteiger partial charge on any atom is 0.167 e. The molecule has 3 nitrogen and oxygen atoms in total. The van der Waals surface area contributed by atoms with Crippen molar-refractivity contribution in [3.8, 4) is 6.07 Å². The second kappa shape index (κ2) is 3.58. The van der Waals surface area contributed by atoms with Crippen LogP contribution in [0, 0.1) is 17.1 Å². The Morgan fingerprint density at radius 1 is 1.62 bits per heavy atom. The van der Waals surface area contributed by atoms with Gasteiger partial charge in [-0.05, 0) is 6.07 Å². The minimum atomic E-state index is -0.550. The number of hydrogen-bond donors (Lipinski definition) is 0. The Hall–Kier alpha value is -1.34. The highest BCUT2D eigenvalue weighted by Gasteiger charge is 2.11. The van der Waals surface area contributed by atoms with Crippen LogP contribution in [0.1, 0.15) is 5.56 Å². The smallest absolute Gasteiger partial charge is 0.167 e. The van der Waals surface area contributed by atoms with Crippen LogP contribution in [-0.2, 0) is 0 Å². The first-order valence-electron chi connectivity index (χ1n) is 3.49. The number of hydrogen-bond acceptors (Lipinski definition) is 3. The summed E-state index contributed by atoms with van der Waals surface area (Å²) in [5, 5.41) is 8.54. The van der Waals surface area contributed by atoms with Crippen LogP contribution in [0.5, 0.6) is 0 Å². The van der Waals surface area contributed by atoms with E-state index >= 15 is 0 Å². The van der Waals surface area contributed by atoms with Crippen molar-refractivity contribution in [3.05, 3.63) is 22.6 Å². The summed E-state index contributed by atoms with van der Waals surface area (Å²) >= 11 is 5.62. The average molecular weight is 200 g/mol. The minimum absolute atomic E-state index is 0.0209. The Balaban J connectivity index is 3.31. The summed E-state index contributed by atoms with van der Waals surface area (Å²) in [6.45, 7) is 0. The van der Waals surface area contributed by atoms with Gasteiger partial charge in [-0.15, -0.1) is 0 Å². The number of rotatable bonds is 1. The predicted octanol–water partition coefficient (Wildman–Crippen LogP) is 1.81. The molecule has 0 bridgehead atoms. The van der Waals surface area contributed by atoms with Gasteiger partial charge in [-0.1, -0.05) is 11.6 Å². The van der Waals surface area contributed by atoms with E-state index in [1.165, 1.54) is 4.90 Å². The molecular formula is C8H7ClFN3. The number of aromatic nitrogens is 1. The Bertz CT molecular complexity index is 370. The summed E-state index contributed by atoms with van der Waals surface area (Å²) in [5.41, 5.74) is 0.0461. The number of halogens is 2. The van der Waals surface area contributed by atoms with E-state index in [0.29, 0.717) is 0 Å². The van der Waals surface area contributed by atoms with Gasteiger partial charge in [-0.3, -0.25) is 0 Å². The summed E-state index contributed by atoms with van der Waals surface area (Å²) in [7, 11) is 3.29. The standard InChI is InChI=1S/C8H7ClFN3/c1-13(2)8-6(10)3-5(4-11)7(9)12-8/h3H,1-2H3. The maximum atomic E-state index is 13.2. The molecule has 0 aliphatic rings. The van der Waals surface area contributed by atoms with E-state index in [-0.39, 0.29) is 16.5 Å². The SMILES string of the molecule is CN(C)c1nc(Cl)c(C#N)cc1F. The van der Waals surface area contributed by atoms with Gasteiger partial charge >= 0.3 is 0 Å². The zero-order valence-corrected chi connectivity index (χ0v) is 7.93. The molecule has 1 aromatic heterocycles. The van der Waals surface area contributed by atoms with Gasteiger partial charge in [-0.25, -0.2) is 9.37 Å². The molecule has 0 radical (unpaired) electrons. The molecule has 0 N–H and O–H groups in total. The Morgan fingerprint density at radius 2 is 2.23 bits per heavy atom. The molecule has 0 aliphatic heterocycles. The summed E-state index contributed by atoms with van der Waals surface area (Å²) in [6, 6.07) is 2.82. The summed E-state index contributed by atoms with van der Waals surface area (Å²) < 4.78 is 13.2. The lowest BCUT2D eigenvalue weighted by Crippen LogP contribution is -2.13. The second-order valence-corrected chi connectivity index (χ2v) is 3.00. The molecular weight excluding hydrogens is 193 g/mol. The molecule has 0 amide bonds. The zero-order valence-electron chi connectivity index (χ0n) is 7.17. The van der Waals surface area contributed by atoms with Crippen molar-refractivity contribution in [2.75, 3.05) is 19.0 Å². The maximum absolute atomic E-state index is 13.2. The second-order valence-electron chi connectivity index (χ2n) is 2.64. The van der Waals surface area contributed by atoms with Gasteiger partial charge in [0.25, 0.3) is 0 Å². The molecule has 0 spiro atoms. The van der Waals surface area contributed by atoms with Crippen molar-refractivity contribution >= 4 is 17.4 Å². The molecule has 0 unspecified atom stereocenters. The van der Waals surface area contributed by atoms with Crippen LogP contribution in [-0.4, -0.2) is 19.1 Å². The van der Waals surface area contributed by atoms with Crippen LogP contribution >= 0.6 is 11.6 Å². The van der Waals surface area contributed by atoms with E-state index in [0.717, 1.165) is 6.07 Å². The Labute approximate surface area is 80.4 Å². The molecule has 0 atom stereocenters. The van der Waals surface area contributed by atoms with Crippen LogP contribution in [0.3, 0.4) is 0 Å². The third-order valence-electron chi connectivity index (χ3n) is 1.46. The van der Waals surface area contributed by atoms with Gasteiger partial charge in [-0.2, -0.15) is 5.26 Å². The van der Waals surface area contributed by atoms with E-state index in [9.17, 15) is 4.39 Å². The summed E-state index contributed by atoms with van der Waals surface area (Å²) in [6.07, 6.45) is 0. The van der Waals surface area contributed by atoms with Crippen LogP contribution in [0.25, 0.3) is 0 Å². The molecule has 1 aromatic rings. The van der Waals surface area contributed by atoms with E-state index in [4.69, 9.17) is 16.9 Å². The van der Waals surface area contributed by atoms with Crippen molar-refractivity contribution in [1.29, 1.82) is 5.26 Å². The minimum Gasteiger partial charge on any atom is -0.360 e. The van der Waals surface area contributed by atoms with Crippen LogP contribution in [0.4, 0.5) is 10.2 Å². The molecule has 68 valence electrons. The van der Waals surface area contributed by atoms with Crippen LogP contribution in [0.2, 0.25) is 5.15 Å². The fraction of sp³-hybridized carbons (Fsp3) is 0.250. The van der Waals surface area contributed by atoms with Crippen molar-refractivity contribution in [1.82, 2.24) is 4.98 Å². The molecule has 5 heteroatoms. The van der Waals surface area contributed by atoms with Gasteiger partial charge in [0.1, 0.15) is 11.2 Å². The highest BCUT2D eigenvalue weighted by atomic mass is 35.5. The van der Waals surface area contributed by atoms with Crippen molar-refractivity contribution in [2.45, 2.75) is 0 Å². The molecule has 1 heterocycles. The first-order valence-corrected chi connectivity index (χ1v) is 3.87. The number of pyridine rings is 1. The number of nitrogens with zero attached hydrogens (tertiary/aromatic N) is 3. The number of anilines is 1. The molecule has 0 fully saturated rings. The molecule has 13 heavy (non-hydrogen) atoms. The molecule has 0 aliphatic carbocycles. The van der Waals surface area contributed by atoms with Crippen LogP contribution < -0.4 is 4.90 Å². The largest absolute Gasteiger partial charge is 0.360 e. The molecule has 0 aromatic carbocycles. The summed E-state index contributed by atoms with van der Waals surface area (Å²) in [5.74, 6) is -0.421. The van der Waals surface area contributed by atoms with Gasteiger partial charge in [0.2, 0.25) is 0 Å². The van der Waals surface area contributed by atoms with Gasteiger partial charge < -0.3 is 4.90 Å². The fourth-order valence-electron chi connectivity index (χ4n) is 0.849. The Morgan fingerprint density at radius 3 is 2.69 bits per heavy atom. The van der Waals surface area contributed by atoms with E-state index in [1.807, 2.05) is 0 Å². The third-order valence-corrected chi connectivity index (χ3v) is 1.74.